The van der Waals surface area contributed by atoms with Crippen LogP contribution in [0.15, 0.2) is 23.0 Å². The Hall–Kier alpha value is -0.850. The van der Waals surface area contributed by atoms with Crippen molar-refractivity contribution in [1.29, 1.82) is 0 Å². The molecule has 1 aromatic heterocycles. The molecule has 16 heavy (non-hydrogen) atoms. The van der Waals surface area contributed by atoms with Gasteiger partial charge in [0.25, 0.3) is 0 Å². The van der Waals surface area contributed by atoms with E-state index in [4.69, 9.17) is 4.42 Å². The van der Waals surface area contributed by atoms with Gasteiger partial charge in [-0.05, 0) is 13.0 Å². The fourth-order valence-corrected chi connectivity index (χ4v) is 1.97. The minimum absolute atomic E-state index is 0.0936. The molecule has 0 amide bonds. The number of hydrogen-bond acceptors (Lipinski definition) is 4. The summed E-state index contributed by atoms with van der Waals surface area (Å²) in [7, 11) is -0.0422. The Balaban J connectivity index is 2.37. The molecule has 1 N–H and O–H groups in total. The SMILES string of the molecule is CC(NCCS(=O)(=O)N(C)C)c1ccoc1. The first-order valence-electron chi connectivity index (χ1n) is 5.09. The highest BCUT2D eigenvalue weighted by molar-refractivity contribution is 7.89. The topological polar surface area (TPSA) is 62.6 Å². The van der Waals surface area contributed by atoms with Crippen LogP contribution in [0.5, 0.6) is 0 Å². The van der Waals surface area contributed by atoms with Crippen LogP contribution >= 0.6 is 0 Å². The Morgan fingerprint density at radius 1 is 1.50 bits per heavy atom. The van der Waals surface area contributed by atoms with Gasteiger partial charge in [0.2, 0.25) is 10.0 Å². The Labute approximate surface area is 96.5 Å². The summed E-state index contributed by atoms with van der Waals surface area (Å²) < 4.78 is 29.1. The second-order valence-corrected chi connectivity index (χ2v) is 6.13. The van der Waals surface area contributed by atoms with E-state index in [2.05, 4.69) is 5.32 Å². The predicted octanol–water partition coefficient (Wildman–Crippen LogP) is 0.822. The van der Waals surface area contributed by atoms with Crippen LogP contribution in [0.2, 0.25) is 0 Å². The van der Waals surface area contributed by atoms with Gasteiger partial charge < -0.3 is 9.73 Å². The van der Waals surface area contributed by atoms with Gasteiger partial charge >= 0.3 is 0 Å². The predicted molar refractivity (Wildman–Crippen MR) is 62.6 cm³/mol. The maximum atomic E-state index is 11.5. The number of sulfonamides is 1. The molecule has 5 nitrogen and oxygen atoms in total. The molecule has 0 saturated heterocycles. The Kier molecular flexibility index (Phi) is 4.52. The number of nitrogens with one attached hydrogen (secondary N) is 1. The normalized spacial score (nSPS) is 14.2. The Morgan fingerprint density at radius 3 is 2.69 bits per heavy atom. The second-order valence-electron chi connectivity index (χ2n) is 3.83. The van der Waals surface area contributed by atoms with Gasteiger partial charge in [-0.15, -0.1) is 0 Å². The zero-order chi connectivity index (χ0) is 12.2. The molecule has 0 radical (unpaired) electrons. The third kappa shape index (κ3) is 3.62. The number of hydrogen-bond donors (Lipinski definition) is 1. The first-order valence-corrected chi connectivity index (χ1v) is 6.70. The molecule has 1 atom stereocenters. The number of furan rings is 1. The van der Waals surface area contributed by atoms with Crippen molar-refractivity contribution in [1.82, 2.24) is 9.62 Å². The molecule has 0 fully saturated rings. The molecule has 0 bridgehead atoms. The maximum absolute atomic E-state index is 11.5. The van der Waals surface area contributed by atoms with Gasteiger partial charge in [-0.2, -0.15) is 0 Å². The molecule has 0 saturated carbocycles. The molecule has 0 spiro atoms. The number of rotatable bonds is 6. The van der Waals surface area contributed by atoms with E-state index in [1.807, 2.05) is 13.0 Å². The van der Waals surface area contributed by atoms with Crippen molar-refractivity contribution in [2.24, 2.45) is 0 Å². The summed E-state index contributed by atoms with van der Waals surface area (Å²) in [5.41, 5.74) is 1.02. The third-order valence-electron chi connectivity index (χ3n) is 2.41. The van der Waals surface area contributed by atoms with Crippen LogP contribution in [0.25, 0.3) is 0 Å². The van der Waals surface area contributed by atoms with Crippen LogP contribution in [0, 0.1) is 0 Å². The van der Waals surface area contributed by atoms with Gasteiger partial charge in [0, 0.05) is 32.2 Å². The van der Waals surface area contributed by atoms with Gasteiger partial charge in [0.05, 0.1) is 18.3 Å². The quantitative estimate of drug-likeness (QED) is 0.807. The lowest BCUT2D eigenvalue weighted by atomic mass is 10.2. The van der Waals surface area contributed by atoms with E-state index in [0.29, 0.717) is 6.54 Å². The fourth-order valence-electron chi connectivity index (χ4n) is 1.23. The lowest BCUT2D eigenvalue weighted by Crippen LogP contribution is -2.32. The smallest absolute Gasteiger partial charge is 0.214 e. The van der Waals surface area contributed by atoms with E-state index in [-0.39, 0.29) is 11.8 Å². The van der Waals surface area contributed by atoms with Crippen molar-refractivity contribution in [3.8, 4) is 0 Å². The van der Waals surface area contributed by atoms with E-state index in [9.17, 15) is 8.42 Å². The van der Waals surface area contributed by atoms with E-state index >= 15 is 0 Å². The zero-order valence-corrected chi connectivity index (χ0v) is 10.6. The van der Waals surface area contributed by atoms with Crippen LogP contribution in [0.4, 0.5) is 0 Å². The van der Waals surface area contributed by atoms with Crippen LogP contribution in [0.3, 0.4) is 0 Å². The second kappa shape index (κ2) is 5.47. The van der Waals surface area contributed by atoms with E-state index in [0.717, 1.165) is 5.56 Å². The molecular formula is C10H18N2O3S. The van der Waals surface area contributed by atoms with Crippen LogP contribution in [-0.2, 0) is 10.0 Å². The summed E-state index contributed by atoms with van der Waals surface area (Å²) in [6.45, 7) is 2.39. The Bertz CT molecular complexity index is 398. The molecular weight excluding hydrogens is 228 g/mol. The molecule has 1 heterocycles. The highest BCUT2D eigenvalue weighted by atomic mass is 32.2. The van der Waals surface area contributed by atoms with Crippen molar-refractivity contribution in [2.75, 3.05) is 26.4 Å². The molecule has 1 rings (SSSR count). The third-order valence-corrected chi connectivity index (χ3v) is 4.24. The van der Waals surface area contributed by atoms with Crippen LogP contribution in [-0.4, -0.2) is 39.1 Å². The van der Waals surface area contributed by atoms with Gasteiger partial charge in [0.1, 0.15) is 0 Å². The molecule has 0 aliphatic rings. The molecule has 6 heteroatoms. The van der Waals surface area contributed by atoms with Crippen LogP contribution < -0.4 is 5.32 Å². The summed E-state index contributed by atoms with van der Waals surface area (Å²) in [4.78, 5) is 0. The fraction of sp³-hybridized carbons (Fsp3) is 0.600. The van der Waals surface area contributed by atoms with Gasteiger partial charge in [0.15, 0.2) is 0 Å². The lowest BCUT2D eigenvalue weighted by molar-refractivity contribution is 0.511. The van der Waals surface area contributed by atoms with Crippen molar-refractivity contribution in [2.45, 2.75) is 13.0 Å². The minimum atomic E-state index is -3.12. The molecule has 1 unspecified atom stereocenters. The van der Waals surface area contributed by atoms with E-state index in [1.165, 1.54) is 18.4 Å². The van der Waals surface area contributed by atoms with E-state index in [1.54, 1.807) is 12.5 Å². The standard InChI is InChI=1S/C10H18N2O3S/c1-9(10-4-6-15-8-10)11-5-7-16(13,14)12(2)3/h4,6,8-9,11H,5,7H2,1-3H3. The first-order chi connectivity index (χ1) is 7.43. The monoisotopic (exact) mass is 246 g/mol. The molecule has 1 aromatic rings. The summed E-state index contributed by atoms with van der Waals surface area (Å²) in [5.74, 6) is 0.0994. The number of nitrogens with zero attached hydrogens (tertiary/aromatic N) is 1. The minimum Gasteiger partial charge on any atom is -0.472 e. The summed E-state index contributed by atoms with van der Waals surface area (Å²) in [5, 5.41) is 3.13. The van der Waals surface area contributed by atoms with Gasteiger partial charge in [-0.1, -0.05) is 0 Å². The summed E-state index contributed by atoms with van der Waals surface area (Å²) in [6.07, 6.45) is 3.25. The summed E-state index contributed by atoms with van der Waals surface area (Å²) in [6, 6.07) is 1.95. The maximum Gasteiger partial charge on any atom is 0.214 e. The largest absolute Gasteiger partial charge is 0.472 e. The zero-order valence-electron chi connectivity index (χ0n) is 9.80. The van der Waals surface area contributed by atoms with Gasteiger partial charge in [-0.3, -0.25) is 0 Å². The molecule has 92 valence electrons. The lowest BCUT2D eigenvalue weighted by Gasteiger charge is -2.14. The van der Waals surface area contributed by atoms with Crippen molar-refractivity contribution >= 4 is 10.0 Å². The molecule has 0 aliphatic carbocycles. The highest BCUT2D eigenvalue weighted by Gasteiger charge is 2.14. The molecule has 0 aliphatic heterocycles. The summed E-state index contributed by atoms with van der Waals surface area (Å²) >= 11 is 0. The van der Waals surface area contributed by atoms with E-state index < -0.39 is 10.0 Å². The van der Waals surface area contributed by atoms with Gasteiger partial charge in [-0.25, -0.2) is 12.7 Å². The van der Waals surface area contributed by atoms with Crippen molar-refractivity contribution in [3.63, 3.8) is 0 Å². The highest BCUT2D eigenvalue weighted by Crippen LogP contribution is 2.11. The average Bonchev–Trinajstić information content (AvgIpc) is 2.69. The molecule has 0 aromatic carbocycles. The average molecular weight is 246 g/mol. The van der Waals surface area contributed by atoms with Crippen molar-refractivity contribution < 1.29 is 12.8 Å². The Morgan fingerprint density at radius 2 is 2.19 bits per heavy atom. The first kappa shape index (κ1) is 13.2. The van der Waals surface area contributed by atoms with Crippen molar-refractivity contribution in [3.05, 3.63) is 24.2 Å². The van der Waals surface area contributed by atoms with Crippen LogP contribution in [0.1, 0.15) is 18.5 Å².